The Morgan fingerprint density at radius 3 is 1.79 bits per heavy atom. The predicted octanol–water partition coefficient (Wildman–Crippen LogP) is 5.20. The van der Waals surface area contributed by atoms with Gasteiger partial charge in [-0.1, -0.05) is 60.7 Å². The van der Waals surface area contributed by atoms with Gasteiger partial charge in [-0.2, -0.15) is 0 Å². The maximum atomic E-state index is 12.0. The van der Waals surface area contributed by atoms with E-state index in [0.717, 1.165) is 25.7 Å². The van der Waals surface area contributed by atoms with Crippen molar-refractivity contribution in [3.05, 3.63) is 71.8 Å². The molecule has 1 aliphatic carbocycles. The Morgan fingerprint density at radius 1 is 0.857 bits per heavy atom. The summed E-state index contributed by atoms with van der Waals surface area (Å²) < 4.78 is 5.38. The lowest BCUT2D eigenvalue weighted by Crippen LogP contribution is -2.44. The molecule has 0 spiro atoms. The van der Waals surface area contributed by atoms with E-state index in [4.69, 9.17) is 4.74 Å². The molecular weight excluding hydrogens is 348 g/mol. The second-order valence-corrected chi connectivity index (χ2v) is 8.62. The Labute approximate surface area is 168 Å². The van der Waals surface area contributed by atoms with E-state index in [1.807, 2.05) is 20.8 Å². The second kappa shape index (κ2) is 9.24. The van der Waals surface area contributed by atoms with Crippen molar-refractivity contribution in [1.29, 1.82) is 0 Å². The molecule has 1 saturated carbocycles. The molecule has 1 fully saturated rings. The van der Waals surface area contributed by atoms with Gasteiger partial charge in [0.05, 0.1) is 6.04 Å². The lowest BCUT2D eigenvalue weighted by Gasteiger charge is -2.33. The number of nitrogens with one attached hydrogen (secondary N) is 2. The van der Waals surface area contributed by atoms with Crippen molar-refractivity contribution in [3.63, 3.8) is 0 Å². The molecule has 0 aromatic heterocycles. The standard InChI is InChI=1S/C24H32N2O2/c1-24(2,3)28-23(27)26-21-16-14-20(15-17-21)25-22(18-10-6-4-7-11-18)19-12-8-5-9-13-19/h4-13,20-22,25H,14-17H2,1-3H3,(H,26,27). The van der Waals surface area contributed by atoms with Crippen molar-refractivity contribution in [2.45, 2.75) is 70.2 Å². The summed E-state index contributed by atoms with van der Waals surface area (Å²) in [6.07, 6.45) is 3.70. The molecule has 0 atom stereocenters. The van der Waals surface area contributed by atoms with Gasteiger partial charge >= 0.3 is 6.09 Å². The number of hydrogen-bond donors (Lipinski definition) is 2. The summed E-state index contributed by atoms with van der Waals surface area (Å²) in [6.45, 7) is 5.67. The molecule has 3 rings (SSSR count). The first-order chi connectivity index (χ1) is 13.4. The lowest BCUT2D eigenvalue weighted by atomic mass is 9.89. The summed E-state index contributed by atoms with van der Waals surface area (Å²) in [5.74, 6) is 0. The van der Waals surface area contributed by atoms with Crippen LogP contribution < -0.4 is 10.6 Å². The average molecular weight is 381 g/mol. The molecule has 1 amide bonds. The topological polar surface area (TPSA) is 50.4 Å². The fraction of sp³-hybridized carbons (Fsp3) is 0.458. The van der Waals surface area contributed by atoms with Crippen LogP contribution in [-0.2, 0) is 4.74 Å². The van der Waals surface area contributed by atoms with Crippen LogP contribution in [0.25, 0.3) is 0 Å². The summed E-state index contributed by atoms with van der Waals surface area (Å²) in [5.41, 5.74) is 2.10. The van der Waals surface area contributed by atoms with E-state index in [1.54, 1.807) is 0 Å². The monoisotopic (exact) mass is 380 g/mol. The highest BCUT2D eigenvalue weighted by Gasteiger charge is 2.26. The van der Waals surface area contributed by atoms with Crippen LogP contribution in [0.5, 0.6) is 0 Å². The smallest absolute Gasteiger partial charge is 0.407 e. The largest absolute Gasteiger partial charge is 0.444 e. The zero-order chi connectivity index (χ0) is 20.0. The highest BCUT2D eigenvalue weighted by molar-refractivity contribution is 5.68. The third-order valence-electron chi connectivity index (χ3n) is 5.12. The van der Waals surface area contributed by atoms with E-state index in [0.29, 0.717) is 6.04 Å². The van der Waals surface area contributed by atoms with Crippen LogP contribution in [0.15, 0.2) is 60.7 Å². The SMILES string of the molecule is CC(C)(C)OC(=O)NC1CCC(NC(c2ccccc2)c2ccccc2)CC1. The molecule has 1 aliphatic rings. The van der Waals surface area contributed by atoms with Crippen LogP contribution in [-0.4, -0.2) is 23.8 Å². The van der Waals surface area contributed by atoms with E-state index in [1.165, 1.54) is 11.1 Å². The molecule has 4 nitrogen and oxygen atoms in total. The van der Waals surface area contributed by atoms with Gasteiger partial charge < -0.3 is 15.4 Å². The molecular formula is C24H32N2O2. The highest BCUT2D eigenvalue weighted by atomic mass is 16.6. The minimum atomic E-state index is -0.457. The van der Waals surface area contributed by atoms with Crippen LogP contribution in [0.4, 0.5) is 4.79 Å². The third kappa shape index (κ3) is 6.10. The van der Waals surface area contributed by atoms with Crippen molar-refractivity contribution in [2.75, 3.05) is 0 Å². The van der Waals surface area contributed by atoms with Gasteiger partial charge in [0.15, 0.2) is 0 Å². The molecule has 4 heteroatoms. The van der Waals surface area contributed by atoms with Gasteiger partial charge in [0.25, 0.3) is 0 Å². The Bertz CT molecular complexity index is 693. The maximum Gasteiger partial charge on any atom is 0.407 e. The van der Waals surface area contributed by atoms with Crippen LogP contribution >= 0.6 is 0 Å². The molecule has 2 aromatic rings. The van der Waals surface area contributed by atoms with E-state index in [-0.39, 0.29) is 18.2 Å². The number of hydrogen-bond acceptors (Lipinski definition) is 3. The first-order valence-corrected chi connectivity index (χ1v) is 10.3. The Hall–Kier alpha value is -2.33. The van der Waals surface area contributed by atoms with Crippen molar-refractivity contribution in [1.82, 2.24) is 10.6 Å². The van der Waals surface area contributed by atoms with Crippen molar-refractivity contribution >= 4 is 6.09 Å². The van der Waals surface area contributed by atoms with E-state index >= 15 is 0 Å². The van der Waals surface area contributed by atoms with Gasteiger partial charge in [-0.15, -0.1) is 0 Å². The third-order valence-corrected chi connectivity index (χ3v) is 5.12. The fourth-order valence-corrected chi connectivity index (χ4v) is 3.79. The van der Waals surface area contributed by atoms with Crippen LogP contribution in [0.3, 0.4) is 0 Å². The minimum Gasteiger partial charge on any atom is -0.444 e. The molecule has 0 bridgehead atoms. The minimum absolute atomic E-state index is 0.183. The number of carbonyl (C=O) groups excluding carboxylic acids is 1. The van der Waals surface area contributed by atoms with Gasteiger partial charge in [0, 0.05) is 12.1 Å². The van der Waals surface area contributed by atoms with Gasteiger partial charge in [0.2, 0.25) is 0 Å². The normalized spacial score (nSPS) is 20.0. The van der Waals surface area contributed by atoms with Crippen molar-refractivity contribution in [3.8, 4) is 0 Å². The van der Waals surface area contributed by atoms with Gasteiger partial charge in [-0.3, -0.25) is 0 Å². The predicted molar refractivity (Wildman–Crippen MR) is 113 cm³/mol. The number of alkyl carbamates (subject to hydrolysis) is 1. The first-order valence-electron chi connectivity index (χ1n) is 10.3. The van der Waals surface area contributed by atoms with Crippen LogP contribution in [0, 0.1) is 0 Å². The summed E-state index contributed by atoms with van der Waals surface area (Å²) in [6, 6.07) is 22.0. The summed E-state index contributed by atoms with van der Waals surface area (Å²) in [7, 11) is 0. The Morgan fingerprint density at radius 2 is 1.32 bits per heavy atom. The fourth-order valence-electron chi connectivity index (χ4n) is 3.79. The van der Waals surface area contributed by atoms with E-state index in [2.05, 4.69) is 71.3 Å². The quantitative estimate of drug-likeness (QED) is 0.749. The van der Waals surface area contributed by atoms with Crippen molar-refractivity contribution < 1.29 is 9.53 Å². The molecule has 0 radical (unpaired) electrons. The summed E-state index contributed by atoms with van der Waals surface area (Å²) >= 11 is 0. The second-order valence-electron chi connectivity index (χ2n) is 8.62. The van der Waals surface area contributed by atoms with Crippen LogP contribution in [0.1, 0.15) is 63.6 Å². The van der Waals surface area contributed by atoms with Gasteiger partial charge in [-0.05, 0) is 57.6 Å². The molecule has 2 N–H and O–H groups in total. The van der Waals surface area contributed by atoms with Gasteiger partial charge in [0.1, 0.15) is 5.60 Å². The van der Waals surface area contributed by atoms with E-state index in [9.17, 15) is 4.79 Å². The highest BCUT2D eigenvalue weighted by Crippen LogP contribution is 2.26. The van der Waals surface area contributed by atoms with Crippen molar-refractivity contribution in [2.24, 2.45) is 0 Å². The number of rotatable bonds is 5. The number of amides is 1. The van der Waals surface area contributed by atoms with Crippen LogP contribution in [0.2, 0.25) is 0 Å². The zero-order valence-corrected chi connectivity index (χ0v) is 17.2. The first kappa shape index (κ1) is 20.4. The summed E-state index contributed by atoms with van der Waals surface area (Å²) in [4.78, 5) is 12.0. The summed E-state index contributed by atoms with van der Waals surface area (Å²) in [5, 5.41) is 6.88. The molecule has 0 unspecified atom stereocenters. The molecule has 0 aliphatic heterocycles. The Kier molecular flexibility index (Phi) is 6.74. The number of benzene rings is 2. The Balaban J connectivity index is 1.58. The number of carbonyl (C=O) groups is 1. The van der Waals surface area contributed by atoms with Gasteiger partial charge in [-0.25, -0.2) is 4.79 Å². The molecule has 2 aromatic carbocycles. The lowest BCUT2D eigenvalue weighted by molar-refractivity contribution is 0.0489. The average Bonchev–Trinajstić information content (AvgIpc) is 2.67. The number of ether oxygens (including phenoxy) is 1. The zero-order valence-electron chi connectivity index (χ0n) is 17.2. The molecule has 0 heterocycles. The molecule has 28 heavy (non-hydrogen) atoms. The maximum absolute atomic E-state index is 12.0. The molecule has 0 saturated heterocycles. The molecule has 150 valence electrons. The van der Waals surface area contributed by atoms with E-state index < -0.39 is 5.60 Å².